The fraction of sp³-hybridized carbons (Fsp3) is 0.943. The van der Waals surface area contributed by atoms with E-state index in [0.717, 1.165) is 0 Å². The summed E-state index contributed by atoms with van der Waals surface area (Å²) in [6.45, 7) is 14.6. The van der Waals surface area contributed by atoms with E-state index in [1.807, 2.05) is 39.8 Å². The van der Waals surface area contributed by atoms with Crippen molar-refractivity contribution in [1.29, 1.82) is 0 Å². The van der Waals surface area contributed by atoms with Crippen molar-refractivity contribution in [3.63, 3.8) is 0 Å². The molecule has 2 unspecified atom stereocenters. The maximum absolute atomic E-state index is 13.9. The van der Waals surface area contributed by atoms with Crippen molar-refractivity contribution in [2.45, 2.75) is 154 Å². The minimum Gasteiger partial charge on any atom is -0.462 e. The van der Waals surface area contributed by atoms with Crippen LogP contribution in [0.4, 0.5) is 0 Å². The fourth-order valence-electron chi connectivity index (χ4n) is 7.89. The van der Waals surface area contributed by atoms with Gasteiger partial charge in [-0.15, -0.1) is 12.4 Å². The lowest BCUT2D eigenvalue weighted by Crippen LogP contribution is -2.57. The van der Waals surface area contributed by atoms with Crippen LogP contribution >= 0.6 is 12.4 Å². The van der Waals surface area contributed by atoms with Gasteiger partial charge >= 0.3 is 5.97 Å². The first-order chi connectivity index (χ1) is 22.4. The van der Waals surface area contributed by atoms with Crippen LogP contribution in [-0.4, -0.2) is 139 Å². The molecular formula is C35H62ClNO12. The number of methoxy groups -OCH3 is 1. The van der Waals surface area contributed by atoms with Crippen LogP contribution in [0.25, 0.3) is 0 Å². The Balaban J connectivity index is 0.00000650. The zero-order valence-electron chi connectivity index (χ0n) is 31.0. The van der Waals surface area contributed by atoms with Gasteiger partial charge in [0.15, 0.2) is 24.0 Å². The minimum absolute atomic E-state index is 0. The number of halogens is 1. The normalized spacial score (nSPS) is 48.8. The summed E-state index contributed by atoms with van der Waals surface area (Å²) in [6.07, 6.45) is -7.15. The number of nitrogens with zero attached hydrogens (tertiary/aromatic N) is 1. The zero-order valence-corrected chi connectivity index (χ0v) is 31.8. The first-order valence-electron chi connectivity index (χ1n) is 17.7. The molecule has 13 nitrogen and oxygen atoms in total. The summed E-state index contributed by atoms with van der Waals surface area (Å²) in [5, 5.41) is 33.3. The van der Waals surface area contributed by atoms with Crippen molar-refractivity contribution in [1.82, 2.24) is 4.90 Å². The Morgan fingerprint density at radius 3 is 2.00 bits per heavy atom. The fourth-order valence-corrected chi connectivity index (χ4v) is 7.89. The lowest BCUT2D eigenvalue weighted by molar-refractivity contribution is -0.299. The van der Waals surface area contributed by atoms with Crippen LogP contribution in [0.3, 0.4) is 0 Å². The molecule has 286 valence electrons. The summed E-state index contributed by atoms with van der Waals surface area (Å²) >= 11 is 0. The molecule has 0 bridgehead atoms. The molecule has 0 aliphatic carbocycles. The Bertz CT molecular complexity index is 1090. The smallest absolute Gasteiger partial charge is 0.311 e. The largest absolute Gasteiger partial charge is 0.462 e. The highest BCUT2D eigenvalue weighted by Crippen LogP contribution is 2.43. The number of carbonyl (C=O) groups excluding carboxylic acids is 2. The summed E-state index contributed by atoms with van der Waals surface area (Å²) in [4.78, 5) is 29.7. The predicted molar refractivity (Wildman–Crippen MR) is 181 cm³/mol. The van der Waals surface area contributed by atoms with Crippen molar-refractivity contribution in [3.05, 3.63) is 0 Å². The van der Waals surface area contributed by atoms with E-state index < -0.39 is 96.7 Å². The van der Waals surface area contributed by atoms with Crippen LogP contribution in [0.15, 0.2) is 0 Å². The third-order valence-electron chi connectivity index (χ3n) is 11.4. The number of aliphatic hydroxyl groups excluding tert-OH is 3. The third-order valence-corrected chi connectivity index (χ3v) is 11.4. The number of esters is 1. The van der Waals surface area contributed by atoms with Crippen LogP contribution < -0.4 is 0 Å². The van der Waals surface area contributed by atoms with Gasteiger partial charge in [-0.05, 0) is 60.5 Å². The van der Waals surface area contributed by atoms with Gasteiger partial charge in [0, 0.05) is 37.3 Å². The van der Waals surface area contributed by atoms with E-state index in [1.165, 1.54) is 7.11 Å². The molecular weight excluding hydrogens is 662 g/mol. The summed E-state index contributed by atoms with van der Waals surface area (Å²) in [5.41, 5.74) is -1.10. The number of ether oxygens (including phenoxy) is 7. The second-order valence-electron chi connectivity index (χ2n) is 15.3. The highest BCUT2D eigenvalue weighted by atomic mass is 35.5. The highest BCUT2D eigenvalue weighted by Gasteiger charge is 2.57. The van der Waals surface area contributed by atoms with Gasteiger partial charge in [-0.1, -0.05) is 27.7 Å². The molecule has 14 heteroatoms. The number of Topliss-reactive ketones (excluding diaryl/α,β-unsaturated/α-hetero) is 1. The number of carbonyl (C=O) groups is 2. The van der Waals surface area contributed by atoms with Gasteiger partial charge in [0.25, 0.3) is 0 Å². The van der Waals surface area contributed by atoms with Crippen molar-refractivity contribution in [2.24, 2.45) is 29.6 Å². The summed E-state index contributed by atoms with van der Waals surface area (Å²) in [6, 6.07) is -0.219. The molecule has 0 amide bonds. The van der Waals surface area contributed by atoms with Gasteiger partial charge in [0.1, 0.15) is 18.3 Å². The average molecular weight is 724 g/mol. The SMILES string of the molecule is CO[C@H]1CC(O[C@H]2[C@H](C)[C@@H](OC3O[C@H](C)C[C@H](N(C)C)[C@H]3O)[C@@H](C)C[C@@]3(CO3)C(=O)[C@H](C)[C@@H](O)[C@@H](C)[C@@H](C)OC(=O)[C@@H]2C)O[C@@H](C)[C@@H]1O.Cl. The summed E-state index contributed by atoms with van der Waals surface area (Å²) < 4.78 is 43.0. The number of ketones is 1. The van der Waals surface area contributed by atoms with Crippen molar-refractivity contribution in [2.75, 3.05) is 27.8 Å². The first-order valence-corrected chi connectivity index (χ1v) is 17.7. The number of hydrogen-bond acceptors (Lipinski definition) is 13. The molecule has 18 atom stereocenters. The lowest BCUT2D eigenvalue weighted by Gasteiger charge is -2.46. The summed E-state index contributed by atoms with van der Waals surface area (Å²) in [7, 11) is 5.32. The van der Waals surface area contributed by atoms with E-state index in [1.54, 1.807) is 34.6 Å². The molecule has 49 heavy (non-hydrogen) atoms. The van der Waals surface area contributed by atoms with E-state index in [9.17, 15) is 24.9 Å². The van der Waals surface area contributed by atoms with E-state index in [0.29, 0.717) is 6.42 Å². The minimum atomic E-state index is -1.10. The first kappa shape index (κ1) is 42.4. The number of hydrogen-bond donors (Lipinski definition) is 3. The van der Waals surface area contributed by atoms with Gasteiger partial charge < -0.3 is 53.4 Å². The Morgan fingerprint density at radius 2 is 1.43 bits per heavy atom. The maximum Gasteiger partial charge on any atom is 0.311 e. The van der Waals surface area contributed by atoms with Crippen LogP contribution in [0.1, 0.15) is 74.7 Å². The molecule has 0 saturated carbocycles. The second kappa shape index (κ2) is 17.2. The Morgan fingerprint density at radius 1 is 0.796 bits per heavy atom. The molecule has 0 aromatic carbocycles. The summed E-state index contributed by atoms with van der Waals surface area (Å²) in [5.74, 6) is -3.74. The second-order valence-corrected chi connectivity index (χ2v) is 15.3. The van der Waals surface area contributed by atoms with Crippen LogP contribution in [-0.2, 0) is 42.7 Å². The van der Waals surface area contributed by atoms with Gasteiger partial charge in [-0.25, -0.2) is 0 Å². The number of epoxide rings is 1. The standard InChI is InChI=1S/C35H61NO12.ClH/c1-16-14-35(15-43-35)32(40)19(4)27(37)18(3)22(7)46-33(41)21(6)31(47-26-13-25(42-11)28(38)23(8)45-26)20(5)30(16)48-34-29(39)24(36(9)10)12-17(2)44-34;/h16-31,34,37-39H,12-15H2,1-11H3;1H/t16-,17+,18-,19+,20+,21+,22+,23-,24-,25-,26?,27-,28-,29+,30-,31-,34?,35+;/m0./s1. The lowest BCUT2D eigenvalue weighted by atomic mass is 9.76. The molecule has 0 aromatic rings. The van der Waals surface area contributed by atoms with Crippen LogP contribution in [0.2, 0.25) is 0 Å². The molecule has 4 saturated heterocycles. The number of cyclic esters (lactones) is 1. The van der Waals surface area contributed by atoms with Gasteiger partial charge in [0.05, 0.1) is 49.1 Å². The van der Waals surface area contributed by atoms with Crippen molar-refractivity contribution in [3.8, 4) is 0 Å². The highest BCUT2D eigenvalue weighted by molar-refractivity contribution is 5.92. The predicted octanol–water partition coefficient (Wildman–Crippen LogP) is 2.33. The van der Waals surface area contributed by atoms with E-state index in [2.05, 4.69) is 0 Å². The molecule has 4 heterocycles. The quantitative estimate of drug-likeness (QED) is 0.270. The Hall–Kier alpha value is -0.970. The maximum atomic E-state index is 13.9. The molecule has 4 fully saturated rings. The molecule has 3 N–H and O–H groups in total. The van der Waals surface area contributed by atoms with Crippen molar-refractivity contribution >= 4 is 24.2 Å². The molecule has 1 spiro atoms. The van der Waals surface area contributed by atoms with E-state index >= 15 is 0 Å². The van der Waals surface area contributed by atoms with Crippen LogP contribution in [0, 0.1) is 29.6 Å². The number of aliphatic hydroxyl groups is 3. The monoisotopic (exact) mass is 723 g/mol. The van der Waals surface area contributed by atoms with Crippen molar-refractivity contribution < 1.29 is 58.1 Å². The Kier molecular flexibility index (Phi) is 14.9. The van der Waals surface area contributed by atoms with Gasteiger partial charge in [-0.2, -0.15) is 0 Å². The molecule has 4 aliphatic rings. The van der Waals surface area contributed by atoms with E-state index in [-0.39, 0.29) is 55.7 Å². The Labute approximate surface area is 298 Å². The van der Waals surface area contributed by atoms with Gasteiger partial charge in [-0.3, -0.25) is 9.59 Å². The average Bonchev–Trinajstić information content (AvgIpc) is 3.82. The molecule has 4 aliphatic heterocycles. The van der Waals surface area contributed by atoms with E-state index in [4.69, 9.17) is 33.2 Å². The topological polar surface area (TPSA) is 166 Å². The van der Waals surface area contributed by atoms with Crippen LogP contribution in [0.5, 0.6) is 0 Å². The molecule has 0 aromatic heterocycles. The number of rotatable bonds is 6. The molecule has 0 radical (unpaired) electrons. The molecule has 4 rings (SSSR count). The number of likely N-dealkylation sites (N-methyl/N-ethyl adjacent to an activating group) is 1. The van der Waals surface area contributed by atoms with Gasteiger partial charge in [0.2, 0.25) is 0 Å². The third kappa shape index (κ3) is 9.34. The zero-order chi connectivity index (χ0) is 35.8.